The van der Waals surface area contributed by atoms with E-state index in [1.165, 1.54) is 39.9 Å². The molecule has 3 rings (SSSR count). The average Bonchev–Trinajstić information content (AvgIpc) is 2.54. The van der Waals surface area contributed by atoms with Gasteiger partial charge in [-0.15, -0.1) is 13.2 Å². The standard InChI is InChI=1S/C17H15F3N2O3/c1-21-8-6-12(10-15(21)23)16(24)22-7-2-3-11-9-13(4-5-14(11)22)25-17(18,19)20/h4-6,8-10H,2-3,7H2,1H3. The van der Waals surface area contributed by atoms with E-state index in [0.29, 0.717) is 30.6 Å². The molecule has 1 amide bonds. The Kier molecular flexibility index (Phi) is 4.28. The number of rotatable bonds is 2. The number of aryl methyl sites for hydroxylation is 2. The summed E-state index contributed by atoms with van der Waals surface area (Å²) < 4.78 is 42.3. The van der Waals surface area contributed by atoms with Crippen molar-refractivity contribution in [3.63, 3.8) is 0 Å². The van der Waals surface area contributed by atoms with E-state index >= 15 is 0 Å². The van der Waals surface area contributed by atoms with Gasteiger partial charge in [0.1, 0.15) is 5.75 Å². The van der Waals surface area contributed by atoms with Gasteiger partial charge in [0, 0.05) is 37.1 Å². The lowest BCUT2D eigenvalue weighted by Crippen LogP contribution is -2.36. The lowest BCUT2D eigenvalue weighted by atomic mass is 10.0. The van der Waals surface area contributed by atoms with Gasteiger partial charge in [-0.3, -0.25) is 9.59 Å². The summed E-state index contributed by atoms with van der Waals surface area (Å²) in [5.41, 5.74) is 1.07. The number of alkyl halides is 3. The molecule has 0 radical (unpaired) electrons. The molecule has 0 aliphatic carbocycles. The lowest BCUT2D eigenvalue weighted by molar-refractivity contribution is -0.274. The van der Waals surface area contributed by atoms with Crippen LogP contribution in [0.25, 0.3) is 0 Å². The summed E-state index contributed by atoms with van der Waals surface area (Å²) in [5.74, 6) is -0.669. The molecule has 1 aromatic heterocycles. The Morgan fingerprint density at radius 1 is 1.20 bits per heavy atom. The van der Waals surface area contributed by atoms with E-state index < -0.39 is 6.36 Å². The zero-order valence-corrected chi connectivity index (χ0v) is 13.3. The molecular weight excluding hydrogens is 337 g/mol. The molecule has 0 saturated heterocycles. The number of carbonyl (C=O) groups excluding carboxylic acids is 1. The van der Waals surface area contributed by atoms with Crippen LogP contribution in [0.4, 0.5) is 18.9 Å². The molecule has 1 aliphatic rings. The van der Waals surface area contributed by atoms with Gasteiger partial charge in [-0.1, -0.05) is 0 Å². The normalized spacial score (nSPS) is 14.2. The predicted octanol–water partition coefficient (Wildman–Crippen LogP) is 2.88. The van der Waals surface area contributed by atoms with Crippen LogP contribution < -0.4 is 15.2 Å². The quantitative estimate of drug-likeness (QED) is 0.835. The zero-order chi connectivity index (χ0) is 18.2. The van der Waals surface area contributed by atoms with Gasteiger partial charge < -0.3 is 14.2 Å². The van der Waals surface area contributed by atoms with Crippen LogP contribution in [-0.2, 0) is 13.5 Å². The molecule has 0 atom stereocenters. The van der Waals surface area contributed by atoms with Gasteiger partial charge in [0.2, 0.25) is 0 Å². The zero-order valence-electron chi connectivity index (χ0n) is 13.3. The van der Waals surface area contributed by atoms with E-state index in [0.717, 1.165) is 0 Å². The molecule has 2 aromatic rings. The van der Waals surface area contributed by atoms with E-state index in [4.69, 9.17) is 0 Å². The maximum absolute atomic E-state index is 12.7. The highest BCUT2D eigenvalue weighted by molar-refractivity contribution is 6.06. The highest BCUT2D eigenvalue weighted by Crippen LogP contribution is 2.33. The number of benzene rings is 1. The molecule has 0 spiro atoms. The monoisotopic (exact) mass is 352 g/mol. The Morgan fingerprint density at radius 3 is 2.64 bits per heavy atom. The summed E-state index contributed by atoms with van der Waals surface area (Å²) in [5, 5.41) is 0. The Labute approximate surface area is 141 Å². The van der Waals surface area contributed by atoms with Crippen molar-refractivity contribution in [2.24, 2.45) is 7.05 Å². The Balaban J connectivity index is 1.92. The van der Waals surface area contributed by atoms with E-state index in [9.17, 15) is 22.8 Å². The number of hydrogen-bond donors (Lipinski definition) is 0. The van der Waals surface area contributed by atoms with Crippen LogP contribution in [0.3, 0.4) is 0 Å². The van der Waals surface area contributed by atoms with Gasteiger partial charge in [-0.2, -0.15) is 0 Å². The van der Waals surface area contributed by atoms with E-state index in [1.54, 1.807) is 13.1 Å². The second-order valence-electron chi connectivity index (χ2n) is 5.76. The van der Waals surface area contributed by atoms with E-state index in [1.807, 2.05) is 0 Å². The van der Waals surface area contributed by atoms with Gasteiger partial charge in [0.15, 0.2) is 0 Å². The summed E-state index contributed by atoms with van der Waals surface area (Å²) in [4.78, 5) is 25.9. The van der Waals surface area contributed by atoms with Crippen molar-refractivity contribution in [1.82, 2.24) is 4.57 Å². The number of halogens is 3. The van der Waals surface area contributed by atoms with Crippen molar-refractivity contribution >= 4 is 11.6 Å². The van der Waals surface area contributed by atoms with Crippen molar-refractivity contribution in [2.45, 2.75) is 19.2 Å². The fraction of sp³-hybridized carbons (Fsp3) is 0.294. The van der Waals surface area contributed by atoms with Gasteiger partial charge in [-0.05, 0) is 42.7 Å². The van der Waals surface area contributed by atoms with Crippen molar-refractivity contribution in [3.05, 3.63) is 58.0 Å². The lowest BCUT2D eigenvalue weighted by Gasteiger charge is -2.30. The average molecular weight is 352 g/mol. The molecule has 132 valence electrons. The molecule has 0 unspecified atom stereocenters. The minimum absolute atomic E-state index is 0.242. The Hall–Kier alpha value is -2.77. The largest absolute Gasteiger partial charge is 0.573 e. The first-order valence-corrected chi connectivity index (χ1v) is 7.62. The third-order valence-corrected chi connectivity index (χ3v) is 4.00. The van der Waals surface area contributed by atoms with Gasteiger partial charge in [0.25, 0.3) is 11.5 Å². The minimum Gasteiger partial charge on any atom is -0.406 e. The summed E-state index contributed by atoms with van der Waals surface area (Å²) in [6.07, 6.45) is -2.10. The fourth-order valence-electron chi connectivity index (χ4n) is 2.82. The second-order valence-corrected chi connectivity index (χ2v) is 5.76. The molecule has 0 N–H and O–H groups in total. The minimum atomic E-state index is -4.76. The summed E-state index contributed by atoms with van der Waals surface area (Å²) in [7, 11) is 1.58. The molecular formula is C17H15F3N2O3. The first-order valence-electron chi connectivity index (χ1n) is 7.62. The van der Waals surface area contributed by atoms with Crippen LogP contribution in [0, 0.1) is 0 Å². The maximum atomic E-state index is 12.7. The first kappa shape index (κ1) is 17.1. The SMILES string of the molecule is Cn1ccc(C(=O)N2CCCc3cc(OC(F)(F)F)ccc32)cc1=O. The molecule has 25 heavy (non-hydrogen) atoms. The Morgan fingerprint density at radius 2 is 1.96 bits per heavy atom. The van der Waals surface area contributed by atoms with Crippen LogP contribution in [0.1, 0.15) is 22.3 Å². The number of amides is 1. The number of hydrogen-bond acceptors (Lipinski definition) is 3. The van der Waals surface area contributed by atoms with Gasteiger partial charge in [0.05, 0.1) is 0 Å². The fourth-order valence-corrected chi connectivity index (χ4v) is 2.82. The van der Waals surface area contributed by atoms with Crippen LogP contribution in [0.5, 0.6) is 5.75 Å². The van der Waals surface area contributed by atoms with Crippen LogP contribution >= 0.6 is 0 Å². The number of ether oxygens (including phenoxy) is 1. The molecule has 2 heterocycles. The number of nitrogens with zero attached hydrogens (tertiary/aromatic N) is 2. The van der Waals surface area contributed by atoms with Gasteiger partial charge >= 0.3 is 6.36 Å². The second kappa shape index (κ2) is 6.27. The number of anilines is 1. The van der Waals surface area contributed by atoms with Crippen LogP contribution in [0.2, 0.25) is 0 Å². The van der Waals surface area contributed by atoms with Crippen molar-refractivity contribution < 1.29 is 22.7 Å². The van der Waals surface area contributed by atoms with E-state index in [-0.39, 0.29) is 22.8 Å². The molecule has 0 saturated carbocycles. The maximum Gasteiger partial charge on any atom is 0.573 e. The Bertz CT molecular complexity index is 874. The topological polar surface area (TPSA) is 51.5 Å². The predicted molar refractivity (Wildman–Crippen MR) is 84.8 cm³/mol. The number of aromatic nitrogens is 1. The first-order chi connectivity index (χ1) is 11.7. The third-order valence-electron chi connectivity index (χ3n) is 4.00. The molecule has 0 fully saturated rings. The van der Waals surface area contributed by atoms with Crippen molar-refractivity contribution in [2.75, 3.05) is 11.4 Å². The number of fused-ring (bicyclic) bond motifs is 1. The molecule has 8 heteroatoms. The van der Waals surface area contributed by atoms with Crippen LogP contribution in [0.15, 0.2) is 41.3 Å². The van der Waals surface area contributed by atoms with Crippen LogP contribution in [-0.4, -0.2) is 23.4 Å². The summed E-state index contributed by atoms with van der Waals surface area (Å²) >= 11 is 0. The number of pyridine rings is 1. The molecule has 0 bridgehead atoms. The van der Waals surface area contributed by atoms with Crippen molar-refractivity contribution in [1.29, 1.82) is 0 Å². The molecule has 5 nitrogen and oxygen atoms in total. The smallest absolute Gasteiger partial charge is 0.406 e. The highest BCUT2D eigenvalue weighted by Gasteiger charge is 2.32. The summed E-state index contributed by atoms with van der Waals surface area (Å²) in [6.45, 7) is 0.431. The highest BCUT2D eigenvalue weighted by atomic mass is 19.4. The third kappa shape index (κ3) is 3.67. The van der Waals surface area contributed by atoms with Crippen molar-refractivity contribution in [3.8, 4) is 5.75 Å². The van der Waals surface area contributed by atoms with E-state index in [2.05, 4.69) is 4.74 Å². The molecule has 1 aliphatic heterocycles. The van der Waals surface area contributed by atoms with Gasteiger partial charge in [-0.25, -0.2) is 0 Å². The molecule has 1 aromatic carbocycles. The summed E-state index contributed by atoms with van der Waals surface area (Å²) in [6, 6.07) is 6.71. The number of carbonyl (C=O) groups is 1.